The lowest BCUT2D eigenvalue weighted by molar-refractivity contribution is -0.117. The number of nitrogens with one attached hydrogen (secondary N) is 2. The molecule has 27 heavy (non-hydrogen) atoms. The van der Waals surface area contributed by atoms with Gasteiger partial charge >= 0.3 is 0 Å². The first kappa shape index (κ1) is 19.4. The van der Waals surface area contributed by atoms with E-state index in [1.165, 1.54) is 18.6 Å². The van der Waals surface area contributed by atoms with Crippen molar-refractivity contribution >= 4 is 27.3 Å². The molecule has 144 valence electrons. The lowest BCUT2D eigenvalue weighted by atomic mass is 10.1. The lowest BCUT2D eigenvalue weighted by Gasteiger charge is -2.25. The summed E-state index contributed by atoms with van der Waals surface area (Å²) in [7, 11) is -3.67. The van der Waals surface area contributed by atoms with E-state index in [0.717, 1.165) is 31.5 Å². The summed E-state index contributed by atoms with van der Waals surface area (Å²) in [6.45, 7) is 4.18. The predicted octanol–water partition coefficient (Wildman–Crippen LogP) is 3.22. The second-order valence-corrected chi connectivity index (χ2v) is 8.57. The molecule has 7 heteroatoms. The monoisotopic (exact) mass is 387 g/mol. The van der Waals surface area contributed by atoms with Gasteiger partial charge in [0.15, 0.2) is 0 Å². The Balaban J connectivity index is 1.61. The molecule has 0 aromatic heterocycles. The zero-order valence-electron chi connectivity index (χ0n) is 15.4. The number of piperidine rings is 1. The van der Waals surface area contributed by atoms with E-state index < -0.39 is 10.0 Å². The molecule has 0 spiro atoms. The van der Waals surface area contributed by atoms with Crippen molar-refractivity contribution in [2.24, 2.45) is 0 Å². The summed E-state index contributed by atoms with van der Waals surface area (Å²) in [5, 5.41) is 2.83. The van der Waals surface area contributed by atoms with Gasteiger partial charge in [0, 0.05) is 11.4 Å². The van der Waals surface area contributed by atoms with Crippen LogP contribution < -0.4 is 10.0 Å². The number of benzene rings is 2. The first-order valence-corrected chi connectivity index (χ1v) is 10.6. The fourth-order valence-electron chi connectivity index (χ4n) is 3.16. The van der Waals surface area contributed by atoms with Gasteiger partial charge in [0.25, 0.3) is 10.0 Å². The van der Waals surface area contributed by atoms with E-state index in [2.05, 4.69) is 14.9 Å². The van der Waals surface area contributed by atoms with Crippen LogP contribution in [0.25, 0.3) is 0 Å². The van der Waals surface area contributed by atoms with Gasteiger partial charge < -0.3 is 5.32 Å². The maximum atomic E-state index is 12.5. The molecule has 1 fully saturated rings. The number of carbonyl (C=O) groups is 1. The quantitative estimate of drug-likeness (QED) is 0.798. The highest BCUT2D eigenvalue weighted by atomic mass is 32.2. The van der Waals surface area contributed by atoms with E-state index in [9.17, 15) is 13.2 Å². The summed E-state index contributed by atoms with van der Waals surface area (Å²) in [5.74, 6) is -0.0783. The average Bonchev–Trinajstić information content (AvgIpc) is 2.62. The Hall–Kier alpha value is -2.38. The molecule has 0 bridgehead atoms. The third kappa shape index (κ3) is 5.55. The van der Waals surface area contributed by atoms with E-state index in [1.807, 2.05) is 13.0 Å². The topological polar surface area (TPSA) is 78.5 Å². The van der Waals surface area contributed by atoms with Gasteiger partial charge in [-0.15, -0.1) is 0 Å². The van der Waals surface area contributed by atoms with Gasteiger partial charge in [0.1, 0.15) is 0 Å². The minimum atomic E-state index is -3.67. The molecule has 6 nitrogen and oxygen atoms in total. The molecule has 3 rings (SSSR count). The standard InChI is InChI=1S/C20H25N3O3S/c1-16-6-5-7-18(14-16)22-27(25,26)19-10-8-17(9-11-19)21-20(24)15-23-12-3-2-4-13-23/h5-11,14,22H,2-4,12-13,15H2,1H3,(H,21,24). The Morgan fingerprint density at radius 1 is 1.00 bits per heavy atom. The number of nitrogens with zero attached hydrogens (tertiary/aromatic N) is 1. The number of amides is 1. The van der Waals surface area contributed by atoms with Gasteiger partial charge in [-0.2, -0.15) is 0 Å². The van der Waals surface area contributed by atoms with Crippen molar-refractivity contribution in [3.8, 4) is 0 Å². The first-order valence-electron chi connectivity index (χ1n) is 9.14. The van der Waals surface area contributed by atoms with Crippen LogP contribution in [0.2, 0.25) is 0 Å². The highest BCUT2D eigenvalue weighted by Gasteiger charge is 2.16. The van der Waals surface area contributed by atoms with E-state index in [-0.39, 0.29) is 10.8 Å². The predicted molar refractivity (Wildman–Crippen MR) is 107 cm³/mol. The van der Waals surface area contributed by atoms with Crippen molar-refractivity contribution in [2.75, 3.05) is 29.7 Å². The van der Waals surface area contributed by atoms with E-state index in [4.69, 9.17) is 0 Å². The van der Waals surface area contributed by atoms with Crippen LogP contribution in [-0.2, 0) is 14.8 Å². The largest absolute Gasteiger partial charge is 0.325 e. The van der Waals surface area contributed by atoms with Gasteiger partial charge in [-0.1, -0.05) is 18.6 Å². The summed E-state index contributed by atoms with van der Waals surface area (Å²) in [4.78, 5) is 14.4. The van der Waals surface area contributed by atoms with Crippen molar-refractivity contribution in [2.45, 2.75) is 31.1 Å². The highest BCUT2D eigenvalue weighted by Crippen LogP contribution is 2.19. The highest BCUT2D eigenvalue weighted by molar-refractivity contribution is 7.92. The molecule has 0 saturated carbocycles. The summed E-state index contributed by atoms with van der Waals surface area (Å²) >= 11 is 0. The normalized spacial score (nSPS) is 15.3. The average molecular weight is 388 g/mol. The molecule has 0 atom stereocenters. The number of carbonyl (C=O) groups excluding carboxylic acids is 1. The number of likely N-dealkylation sites (tertiary alicyclic amines) is 1. The van der Waals surface area contributed by atoms with Gasteiger partial charge in [0.2, 0.25) is 5.91 Å². The molecule has 1 amide bonds. The van der Waals surface area contributed by atoms with Crippen LogP contribution in [0.15, 0.2) is 53.4 Å². The van der Waals surface area contributed by atoms with Crippen molar-refractivity contribution in [1.82, 2.24) is 4.90 Å². The van der Waals surface area contributed by atoms with Gasteiger partial charge in [-0.05, 0) is 74.8 Å². The zero-order valence-corrected chi connectivity index (χ0v) is 16.3. The van der Waals surface area contributed by atoms with Crippen LogP contribution in [0.4, 0.5) is 11.4 Å². The van der Waals surface area contributed by atoms with E-state index in [1.54, 1.807) is 30.3 Å². The van der Waals surface area contributed by atoms with Gasteiger partial charge in [-0.25, -0.2) is 8.42 Å². The molecule has 0 aliphatic carbocycles. The maximum Gasteiger partial charge on any atom is 0.261 e. The molecule has 1 heterocycles. The Bertz CT molecular complexity index is 889. The van der Waals surface area contributed by atoms with Crippen LogP contribution in [0.1, 0.15) is 24.8 Å². The second kappa shape index (κ2) is 8.54. The summed E-state index contributed by atoms with van der Waals surface area (Å²) in [6, 6.07) is 13.4. The van der Waals surface area contributed by atoms with Crippen molar-refractivity contribution in [1.29, 1.82) is 0 Å². The van der Waals surface area contributed by atoms with Crippen LogP contribution >= 0.6 is 0 Å². The summed E-state index contributed by atoms with van der Waals surface area (Å²) in [6.07, 6.45) is 3.49. The molecule has 1 aliphatic heterocycles. The van der Waals surface area contributed by atoms with Crippen molar-refractivity contribution < 1.29 is 13.2 Å². The lowest BCUT2D eigenvalue weighted by Crippen LogP contribution is -2.36. The van der Waals surface area contributed by atoms with E-state index in [0.29, 0.717) is 17.9 Å². The number of rotatable bonds is 6. The molecule has 0 radical (unpaired) electrons. The van der Waals surface area contributed by atoms with Crippen LogP contribution in [0.5, 0.6) is 0 Å². The van der Waals surface area contributed by atoms with E-state index >= 15 is 0 Å². The minimum Gasteiger partial charge on any atom is -0.325 e. The molecule has 2 aromatic carbocycles. The maximum absolute atomic E-state index is 12.5. The zero-order chi connectivity index (χ0) is 19.3. The SMILES string of the molecule is Cc1cccc(NS(=O)(=O)c2ccc(NC(=O)CN3CCCCC3)cc2)c1. The molecule has 2 N–H and O–H groups in total. The second-order valence-electron chi connectivity index (χ2n) is 6.88. The molecule has 1 saturated heterocycles. The molecule has 0 unspecified atom stereocenters. The Labute approximate surface area is 160 Å². The number of sulfonamides is 1. The van der Waals surface area contributed by atoms with Crippen molar-refractivity contribution in [3.63, 3.8) is 0 Å². The number of hydrogen-bond donors (Lipinski definition) is 2. The van der Waals surface area contributed by atoms with Crippen LogP contribution in [-0.4, -0.2) is 38.9 Å². The molecule has 1 aliphatic rings. The van der Waals surface area contributed by atoms with Gasteiger partial charge in [0.05, 0.1) is 11.4 Å². The van der Waals surface area contributed by atoms with Gasteiger partial charge in [-0.3, -0.25) is 14.4 Å². The molecular weight excluding hydrogens is 362 g/mol. The minimum absolute atomic E-state index is 0.0783. The third-order valence-corrected chi connectivity index (χ3v) is 5.93. The molecule has 2 aromatic rings. The van der Waals surface area contributed by atoms with Crippen LogP contribution in [0, 0.1) is 6.92 Å². The first-order chi connectivity index (χ1) is 12.9. The summed E-state index contributed by atoms with van der Waals surface area (Å²) in [5.41, 5.74) is 2.09. The fraction of sp³-hybridized carbons (Fsp3) is 0.350. The van der Waals surface area contributed by atoms with Crippen molar-refractivity contribution in [3.05, 3.63) is 54.1 Å². The number of hydrogen-bond acceptors (Lipinski definition) is 4. The smallest absolute Gasteiger partial charge is 0.261 e. The fourth-order valence-corrected chi connectivity index (χ4v) is 4.21. The Kier molecular flexibility index (Phi) is 6.13. The van der Waals surface area contributed by atoms with Crippen LogP contribution in [0.3, 0.4) is 0 Å². The summed E-state index contributed by atoms with van der Waals surface area (Å²) < 4.78 is 27.6. The Morgan fingerprint density at radius 3 is 2.37 bits per heavy atom. The Morgan fingerprint density at radius 2 is 1.70 bits per heavy atom. The number of anilines is 2. The number of aryl methyl sites for hydroxylation is 1. The molecular formula is C20H25N3O3S. The third-order valence-electron chi connectivity index (χ3n) is 4.53.